The van der Waals surface area contributed by atoms with E-state index in [4.69, 9.17) is 6.42 Å². The normalized spacial score (nSPS) is 18.4. The number of aromatic nitrogens is 1. The highest BCUT2D eigenvalue weighted by atomic mass is 32.2. The number of terminal acetylenes is 1. The summed E-state index contributed by atoms with van der Waals surface area (Å²) in [5.41, 5.74) is 1.67. The minimum atomic E-state index is -3.63. The molecule has 0 N–H and O–H groups in total. The number of hydrogen-bond acceptors (Lipinski definition) is 8. The van der Waals surface area contributed by atoms with Crippen LogP contribution in [-0.4, -0.2) is 78.8 Å². The Kier molecular flexibility index (Phi) is 5.76. The predicted octanol–water partition coefficient (Wildman–Crippen LogP) is 2.28. The van der Waals surface area contributed by atoms with Crippen molar-refractivity contribution in [2.45, 2.75) is 17.3 Å². The van der Waals surface area contributed by atoms with Gasteiger partial charge in [-0.2, -0.15) is 4.31 Å². The fourth-order valence-electron chi connectivity index (χ4n) is 4.01. The van der Waals surface area contributed by atoms with Gasteiger partial charge in [-0.3, -0.25) is 4.79 Å². The van der Waals surface area contributed by atoms with E-state index >= 15 is 0 Å². The Morgan fingerprint density at radius 3 is 2.52 bits per heavy atom. The van der Waals surface area contributed by atoms with Crippen molar-refractivity contribution in [2.75, 3.05) is 40.3 Å². The van der Waals surface area contributed by atoms with E-state index < -0.39 is 10.0 Å². The SMILES string of the molecule is C#Cc1ccc2cc(S(=O)(=O)N3CCN(C(=O)c4nc5c(s4)CN(C)N(C)C5)CC3)sc2c1. The van der Waals surface area contributed by atoms with Gasteiger partial charge in [0.2, 0.25) is 0 Å². The largest absolute Gasteiger partial charge is 0.334 e. The molecule has 8 nitrogen and oxygen atoms in total. The molecule has 2 aliphatic rings. The number of hydrazine groups is 1. The molecular formula is C22H23N5O3S3. The van der Waals surface area contributed by atoms with Crippen molar-refractivity contribution in [1.82, 2.24) is 24.2 Å². The Morgan fingerprint density at radius 1 is 1.06 bits per heavy atom. The molecule has 4 heterocycles. The molecule has 33 heavy (non-hydrogen) atoms. The molecule has 2 aromatic heterocycles. The van der Waals surface area contributed by atoms with Gasteiger partial charge in [0.05, 0.1) is 12.2 Å². The lowest BCUT2D eigenvalue weighted by Crippen LogP contribution is -2.50. The molecule has 1 aromatic carbocycles. The van der Waals surface area contributed by atoms with Crippen LogP contribution < -0.4 is 0 Å². The molecule has 0 spiro atoms. The Bertz CT molecular complexity index is 1350. The molecule has 2 aliphatic heterocycles. The first-order valence-electron chi connectivity index (χ1n) is 10.5. The smallest absolute Gasteiger partial charge is 0.282 e. The lowest BCUT2D eigenvalue weighted by molar-refractivity contribution is -0.00172. The fourth-order valence-corrected chi connectivity index (χ4v) is 8.11. The van der Waals surface area contributed by atoms with E-state index in [1.165, 1.54) is 27.0 Å². The first-order chi connectivity index (χ1) is 15.8. The summed E-state index contributed by atoms with van der Waals surface area (Å²) in [6.07, 6.45) is 5.46. The molecule has 11 heteroatoms. The molecule has 0 atom stereocenters. The lowest BCUT2D eigenvalue weighted by atomic mass is 10.2. The van der Waals surface area contributed by atoms with Crippen LogP contribution in [0.3, 0.4) is 0 Å². The Labute approximate surface area is 201 Å². The highest BCUT2D eigenvalue weighted by Crippen LogP contribution is 2.32. The quantitative estimate of drug-likeness (QED) is 0.513. The fraction of sp³-hybridized carbons (Fsp3) is 0.364. The summed E-state index contributed by atoms with van der Waals surface area (Å²) in [5.74, 6) is 2.46. The van der Waals surface area contributed by atoms with E-state index in [9.17, 15) is 13.2 Å². The standard InChI is InChI=1S/C22H23N5O3S3/c1-4-15-5-6-16-12-20(31-18(16)11-15)33(29,30)27-9-7-26(8-10-27)22(28)21-23-17-13-24(2)25(3)14-19(17)32-21/h1,5-6,11-12H,7-10,13-14H2,2-3H3. The molecule has 1 amide bonds. The van der Waals surface area contributed by atoms with Crippen molar-refractivity contribution >= 4 is 48.7 Å². The number of hydrogen-bond donors (Lipinski definition) is 0. The molecule has 5 rings (SSSR count). The van der Waals surface area contributed by atoms with E-state index in [1.54, 1.807) is 11.0 Å². The minimum absolute atomic E-state index is 0.125. The summed E-state index contributed by atoms with van der Waals surface area (Å²) in [6, 6.07) is 7.18. The molecule has 1 saturated heterocycles. The third-order valence-corrected chi connectivity index (χ3v) is 10.6. The zero-order valence-corrected chi connectivity index (χ0v) is 20.8. The van der Waals surface area contributed by atoms with Crippen LogP contribution in [-0.2, 0) is 23.1 Å². The average Bonchev–Trinajstić information content (AvgIpc) is 3.43. The maximum absolute atomic E-state index is 13.2. The second-order valence-electron chi connectivity index (χ2n) is 8.18. The predicted molar refractivity (Wildman–Crippen MR) is 129 cm³/mol. The first kappa shape index (κ1) is 22.5. The number of thiophene rings is 1. The number of carbonyl (C=O) groups excluding carboxylic acids is 1. The number of nitrogens with zero attached hydrogens (tertiary/aromatic N) is 5. The van der Waals surface area contributed by atoms with Crippen molar-refractivity contribution in [2.24, 2.45) is 0 Å². The minimum Gasteiger partial charge on any atom is -0.334 e. The van der Waals surface area contributed by atoms with E-state index in [0.29, 0.717) is 28.9 Å². The number of sulfonamides is 1. The van der Waals surface area contributed by atoms with Crippen molar-refractivity contribution < 1.29 is 13.2 Å². The van der Waals surface area contributed by atoms with E-state index in [0.717, 1.165) is 32.8 Å². The molecule has 0 unspecified atom stereocenters. The molecule has 0 radical (unpaired) electrons. The van der Waals surface area contributed by atoms with Gasteiger partial charge in [-0.25, -0.2) is 23.4 Å². The van der Waals surface area contributed by atoms with Crippen LogP contribution in [0.5, 0.6) is 0 Å². The Morgan fingerprint density at radius 2 is 1.79 bits per heavy atom. The van der Waals surface area contributed by atoms with E-state index in [1.807, 2.05) is 32.3 Å². The van der Waals surface area contributed by atoms with Gasteiger partial charge >= 0.3 is 0 Å². The van der Waals surface area contributed by atoms with Crippen LogP contribution in [0.25, 0.3) is 10.1 Å². The molecule has 0 aliphatic carbocycles. The zero-order valence-electron chi connectivity index (χ0n) is 18.3. The number of amides is 1. The van der Waals surface area contributed by atoms with Gasteiger partial charge in [0.25, 0.3) is 15.9 Å². The summed E-state index contributed by atoms with van der Waals surface area (Å²) < 4.78 is 29.1. The summed E-state index contributed by atoms with van der Waals surface area (Å²) in [6.45, 7) is 2.62. The second-order valence-corrected chi connectivity index (χ2v) is 12.5. The van der Waals surface area contributed by atoms with E-state index in [2.05, 4.69) is 20.9 Å². The van der Waals surface area contributed by atoms with Gasteiger partial charge in [0.15, 0.2) is 5.01 Å². The van der Waals surface area contributed by atoms with Gasteiger partial charge in [-0.1, -0.05) is 12.0 Å². The Hall–Kier alpha value is -2.33. The number of rotatable bonds is 3. The van der Waals surface area contributed by atoms with Crippen LogP contribution in [0.15, 0.2) is 28.5 Å². The van der Waals surface area contributed by atoms with Crippen molar-refractivity contribution in [3.05, 3.63) is 45.4 Å². The lowest BCUT2D eigenvalue weighted by Gasteiger charge is -2.33. The maximum atomic E-state index is 13.2. The van der Waals surface area contributed by atoms with Gasteiger partial charge < -0.3 is 4.90 Å². The number of piperazine rings is 1. The number of thiazole rings is 1. The van der Waals surface area contributed by atoms with Gasteiger partial charge in [-0.15, -0.1) is 29.1 Å². The van der Waals surface area contributed by atoms with Crippen molar-refractivity contribution in [1.29, 1.82) is 0 Å². The summed E-state index contributed by atoms with van der Waals surface area (Å²) in [5, 5.41) is 5.50. The van der Waals surface area contributed by atoms with Crippen LogP contribution in [0, 0.1) is 12.3 Å². The molecule has 172 valence electrons. The molecule has 3 aromatic rings. The maximum Gasteiger partial charge on any atom is 0.282 e. The van der Waals surface area contributed by atoms with Crippen LogP contribution in [0.1, 0.15) is 25.9 Å². The topological polar surface area (TPSA) is 77.1 Å². The highest BCUT2D eigenvalue weighted by molar-refractivity contribution is 7.91. The molecule has 0 bridgehead atoms. The van der Waals surface area contributed by atoms with Crippen LogP contribution in [0.4, 0.5) is 0 Å². The van der Waals surface area contributed by atoms with Gasteiger partial charge in [-0.05, 0) is 23.6 Å². The van der Waals surface area contributed by atoms with E-state index in [-0.39, 0.29) is 19.0 Å². The van der Waals surface area contributed by atoms with Gasteiger partial charge in [0.1, 0.15) is 4.21 Å². The molecule has 0 saturated carbocycles. The number of benzene rings is 1. The van der Waals surface area contributed by atoms with Crippen molar-refractivity contribution in [3.63, 3.8) is 0 Å². The third kappa shape index (κ3) is 4.07. The van der Waals surface area contributed by atoms with Crippen LogP contribution >= 0.6 is 22.7 Å². The molecule has 1 fully saturated rings. The Balaban J connectivity index is 1.28. The first-order valence-corrected chi connectivity index (χ1v) is 13.5. The number of carbonyl (C=O) groups is 1. The monoisotopic (exact) mass is 501 g/mol. The zero-order chi connectivity index (χ0) is 23.3. The summed E-state index contributed by atoms with van der Waals surface area (Å²) >= 11 is 2.66. The van der Waals surface area contributed by atoms with Crippen LogP contribution in [0.2, 0.25) is 0 Å². The number of fused-ring (bicyclic) bond motifs is 2. The van der Waals surface area contributed by atoms with Gasteiger partial charge in [0, 0.05) is 62.0 Å². The average molecular weight is 502 g/mol. The third-order valence-electron chi connectivity index (χ3n) is 6.08. The highest BCUT2D eigenvalue weighted by Gasteiger charge is 2.33. The summed E-state index contributed by atoms with van der Waals surface area (Å²) in [7, 11) is 0.369. The van der Waals surface area contributed by atoms with Crippen molar-refractivity contribution in [3.8, 4) is 12.3 Å². The molecular weight excluding hydrogens is 478 g/mol. The summed E-state index contributed by atoms with van der Waals surface area (Å²) in [4.78, 5) is 20.4. The second kappa shape index (κ2) is 8.47.